The predicted molar refractivity (Wildman–Crippen MR) is 105 cm³/mol. The Bertz CT molecular complexity index is 600. The summed E-state index contributed by atoms with van der Waals surface area (Å²) < 4.78 is 108. The molecule has 0 fully saturated rings. The zero-order valence-electron chi connectivity index (χ0n) is 16.8. The molecule has 178 valence electrons. The Morgan fingerprint density at radius 2 is 0.897 bits per heavy atom. The van der Waals surface area contributed by atoms with Gasteiger partial charge in [-0.1, -0.05) is 44.2 Å². The van der Waals surface area contributed by atoms with E-state index < -0.39 is 35.2 Å². The molecule has 0 rings (SSSR count). The average molecular weight is 499 g/mol. The van der Waals surface area contributed by atoms with E-state index >= 15 is 0 Å². The Kier molecular flexibility index (Phi) is 13.6. The van der Waals surface area contributed by atoms with Gasteiger partial charge in [-0.05, 0) is 47.8 Å². The third kappa shape index (κ3) is 12.3. The molecule has 5 nitrogen and oxygen atoms in total. The number of halogens is 6. The molecule has 0 spiro atoms. The first-order chi connectivity index (χ1) is 12.9. The van der Waals surface area contributed by atoms with Crippen molar-refractivity contribution in [1.29, 1.82) is 0 Å². The third-order valence-corrected chi connectivity index (χ3v) is 8.05. The van der Waals surface area contributed by atoms with E-state index in [1.54, 1.807) is 0 Å². The lowest BCUT2D eigenvalue weighted by atomic mass is 9.90. The fourth-order valence-corrected chi connectivity index (χ4v) is 4.93. The maximum atomic E-state index is 11.5. The SMILES string of the molecule is CCCCC([PH3+])(CCCC)CCCC.O=S(=O)(NS(=O)(=O)C(F)(F)F)C(F)(F)F. The summed E-state index contributed by atoms with van der Waals surface area (Å²) in [5, 5.41) is 0.683. The van der Waals surface area contributed by atoms with E-state index in [0.29, 0.717) is 5.16 Å². The fraction of sp³-hybridized carbons (Fsp3) is 1.00. The molecule has 0 saturated heterocycles. The lowest BCUT2D eigenvalue weighted by Gasteiger charge is -2.24. The monoisotopic (exact) mass is 498 g/mol. The molecule has 0 aliphatic rings. The van der Waals surface area contributed by atoms with Gasteiger partial charge >= 0.3 is 31.1 Å². The van der Waals surface area contributed by atoms with Crippen LogP contribution in [0.15, 0.2) is 0 Å². The summed E-state index contributed by atoms with van der Waals surface area (Å²) >= 11 is 0. The molecule has 0 aromatic rings. The van der Waals surface area contributed by atoms with Gasteiger partial charge < -0.3 is 0 Å². The Labute approximate surface area is 171 Å². The minimum absolute atomic E-state index is 0.493. The molecule has 0 radical (unpaired) electrons. The van der Waals surface area contributed by atoms with Crippen molar-refractivity contribution in [2.75, 3.05) is 0 Å². The highest BCUT2D eigenvalue weighted by Gasteiger charge is 2.55. The largest absolute Gasteiger partial charge is 0.512 e. The molecule has 14 heteroatoms. The van der Waals surface area contributed by atoms with Gasteiger partial charge in [0.15, 0.2) is 0 Å². The second-order valence-electron chi connectivity index (χ2n) is 6.79. The molecule has 0 aromatic carbocycles. The normalized spacial score (nSPS) is 13.8. The van der Waals surface area contributed by atoms with Gasteiger partial charge in [0.1, 0.15) is 0 Å². The van der Waals surface area contributed by atoms with Gasteiger partial charge in [0, 0.05) is 0 Å². The Morgan fingerprint density at radius 3 is 1.07 bits per heavy atom. The topological polar surface area (TPSA) is 80.3 Å². The van der Waals surface area contributed by atoms with Crippen molar-refractivity contribution < 1.29 is 43.2 Å². The van der Waals surface area contributed by atoms with Crippen molar-refractivity contribution in [1.82, 2.24) is 4.13 Å². The Hall–Kier alpha value is -0.130. The summed E-state index contributed by atoms with van der Waals surface area (Å²) in [6.07, 6.45) is 12.7. The van der Waals surface area contributed by atoms with Crippen LogP contribution in [0.2, 0.25) is 0 Å². The quantitative estimate of drug-likeness (QED) is 0.315. The van der Waals surface area contributed by atoms with Gasteiger partial charge in [0.2, 0.25) is 0 Å². The summed E-state index contributed by atoms with van der Waals surface area (Å²) in [4.78, 5) is 0. The van der Waals surface area contributed by atoms with E-state index in [1.165, 1.54) is 57.8 Å². The van der Waals surface area contributed by atoms with Crippen LogP contribution >= 0.6 is 9.24 Å². The minimum Gasteiger partial charge on any atom is -0.202 e. The highest BCUT2D eigenvalue weighted by molar-refractivity contribution is 8.05. The summed E-state index contributed by atoms with van der Waals surface area (Å²) in [5.41, 5.74) is -12.3. The van der Waals surface area contributed by atoms with Crippen molar-refractivity contribution in [2.45, 2.75) is 94.7 Å². The zero-order chi connectivity index (χ0) is 23.6. The number of rotatable bonds is 11. The van der Waals surface area contributed by atoms with E-state index in [1.807, 2.05) is 0 Å². The molecule has 0 aliphatic carbocycles. The highest BCUT2D eigenvalue weighted by Crippen LogP contribution is 2.36. The van der Waals surface area contributed by atoms with E-state index in [2.05, 4.69) is 30.0 Å². The Morgan fingerprint density at radius 1 is 0.655 bits per heavy atom. The summed E-state index contributed by atoms with van der Waals surface area (Å²) in [6.45, 7) is 6.93. The molecular formula is C15H31F6NO4PS2+. The first kappa shape index (κ1) is 31.1. The van der Waals surface area contributed by atoms with Gasteiger partial charge in [-0.25, -0.2) is 16.8 Å². The molecular weight excluding hydrogens is 467 g/mol. The molecule has 1 unspecified atom stereocenters. The third-order valence-electron chi connectivity index (χ3n) is 4.01. The number of alkyl halides is 6. The lowest BCUT2D eigenvalue weighted by molar-refractivity contribution is -0.0476. The van der Waals surface area contributed by atoms with Gasteiger partial charge in [-0.2, -0.15) is 26.3 Å². The van der Waals surface area contributed by atoms with Crippen molar-refractivity contribution in [3.8, 4) is 0 Å². The first-order valence-corrected chi connectivity index (χ1v) is 12.8. The van der Waals surface area contributed by atoms with Crippen LogP contribution in [0.1, 0.15) is 78.6 Å². The van der Waals surface area contributed by atoms with E-state index in [-0.39, 0.29) is 0 Å². The fourth-order valence-electron chi connectivity index (χ4n) is 2.27. The number of nitrogens with one attached hydrogen (secondary N) is 1. The van der Waals surface area contributed by atoms with Crippen LogP contribution in [-0.4, -0.2) is 33.0 Å². The summed E-state index contributed by atoms with van der Waals surface area (Å²) in [7, 11) is -10.9. The maximum Gasteiger partial charge on any atom is 0.512 e. The van der Waals surface area contributed by atoms with E-state index in [9.17, 15) is 43.2 Å². The first-order valence-electron chi connectivity index (χ1n) is 9.15. The minimum atomic E-state index is -6.60. The van der Waals surface area contributed by atoms with E-state index in [0.717, 1.165) is 0 Å². The van der Waals surface area contributed by atoms with Crippen molar-refractivity contribution >= 4 is 29.3 Å². The van der Waals surface area contributed by atoms with Crippen LogP contribution in [-0.2, 0) is 20.0 Å². The van der Waals surface area contributed by atoms with Gasteiger partial charge in [-0.3, -0.25) is 0 Å². The zero-order valence-corrected chi connectivity index (χ0v) is 19.8. The molecule has 1 atom stereocenters. The standard InChI is InChI=1S/C13H29P.C2HF6NO4S2/c1-4-7-10-13(14,11-8-5-2)12-9-6-3;3-1(4,5)14(10,11)9-15(12,13)2(6,7)8/h4-12,14H2,1-3H3;9H/p+1. The van der Waals surface area contributed by atoms with Gasteiger partial charge in [0.25, 0.3) is 0 Å². The Balaban J connectivity index is 0. The van der Waals surface area contributed by atoms with Crippen LogP contribution in [0.25, 0.3) is 0 Å². The van der Waals surface area contributed by atoms with Crippen LogP contribution in [0.5, 0.6) is 0 Å². The van der Waals surface area contributed by atoms with Crippen LogP contribution in [0.4, 0.5) is 26.3 Å². The van der Waals surface area contributed by atoms with Crippen molar-refractivity contribution in [3.05, 3.63) is 0 Å². The second-order valence-corrected chi connectivity index (χ2v) is 11.9. The number of unbranched alkanes of at least 4 members (excludes halogenated alkanes) is 3. The average Bonchev–Trinajstić information content (AvgIpc) is 2.54. The maximum absolute atomic E-state index is 11.5. The second kappa shape index (κ2) is 12.7. The lowest BCUT2D eigenvalue weighted by Crippen LogP contribution is -2.45. The molecule has 29 heavy (non-hydrogen) atoms. The van der Waals surface area contributed by atoms with Crippen LogP contribution < -0.4 is 4.13 Å². The van der Waals surface area contributed by atoms with Crippen LogP contribution in [0, 0.1) is 0 Å². The predicted octanol–water partition coefficient (Wildman–Crippen LogP) is 5.18. The van der Waals surface area contributed by atoms with Crippen molar-refractivity contribution in [3.63, 3.8) is 0 Å². The van der Waals surface area contributed by atoms with Gasteiger partial charge in [-0.15, -0.1) is 0 Å². The molecule has 1 N–H and O–H groups in total. The van der Waals surface area contributed by atoms with Gasteiger partial charge in [0.05, 0.1) is 5.16 Å². The summed E-state index contributed by atoms with van der Waals surface area (Å²) in [6, 6.07) is 0. The van der Waals surface area contributed by atoms with Crippen molar-refractivity contribution in [2.24, 2.45) is 0 Å². The smallest absolute Gasteiger partial charge is 0.202 e. The van der Waals surface area contributed by atoms with Crippen LogP contribution in [0.3, 0.4) is 0 Å². The highest BCUT2D eigenvalue weighted by atomic mass is 32.3. The molecule has 0 aliphatic heterocycles. The molecule has 0 bridgehead atoms. The number of hydrogen-bond acceptors (Lipinski definition) is 4. The number of sulfonamides is 2. The van der Waals surface area contributed by atoms with E-state index in [4.69, 9.17) is 0 Å². The molecule has 0 amide bonds. The molecule has 0 saturated carbocycles. The molecule has 0 heterocycles. The number of hydrogen-bond donors (Lipinski definition) is 1. The molecule has 0 aromatic heterocycles. The summed E-state index contributed by atoms with van der Waals surface area (Å²) in [5.74, 6) is 0.